The van der Waals surface area contributed by atoms with Gasteiger partial charge in [-0.3, -0.25) is 19.4 Å². The maximum Gasteiger partial charge on any atom is 0.317 e. The van der Waals surface area contributed by atoms with Crippen molar-refractivity contribution in [2.75, 3.05) is 52.5 Å². The number of hydrogen-bond donors (Lipinski definition) is 2. The van der Waals surface area contributed by atoms with E-state index < -0.39 is 5.97 Å². The Bertz CT molecular complexity index is 432. The molecule has 0 spiro atoms. The molecule has 0 unspecified atom stereocenters. The second-order valence-corrected chi connectivity index (χ2v) is 7.27. The zero-order chi connectivity index (χ0) is 18.1. The third-order valence-corrected chi connectivity index (χ3v) is 5.35. The van der Waals surface area contributed by atoms with Gasteiger partial charge in [-0.2, -0.15) is 0 Å². The fraction of sp³-hybridized carbons (Fsp3) is 0.889. The minimum Gasteiger partial charge on any atom is -0.480 e. The molecule has 25 heavy (non-hydrogen) atoms. The van der Waals surface area contributed by atoms with Crippen molar-refractivity contribution in [2.24, 2.45) is 0 Å². The Hall–Kier alpha value is -1.18. The van der Waals surface area contributed by atoms with Crippen molar-refractivity contribution in [3.63, 3.8) is 0 Å². The van der Waals surface area contributed by atoms with Gasteiger partial charge in [-0.05, 0) is 25.8 Å². The second-order valence-electron chi connectivity index (χ2n) is 7.27. The molecule has 0 bridgehead atoms. The minimum atomic E-state index is -0.890. The number of carbonyl (C=O) groups is 2. The van der Waals surface area contributed by atoms with E-state index in [9.17, 15) is 9.59 Å². The molecule has 1 heterocycles. The average Bonchev–Trinajstić information content (AvgIpc) is 2.61. The van der Waals surface area contributed by atoms with E-state index >= 15 is 0 Å². The van der Waals surface area contributed by atoms with Gasteiger partial charge in [0, 0.05) is 25.2 Å². The van der Waals surface area contributed by atoms with Crippen molar-refractivity contribution in [1.29, 1.82) is 0 Å². The van der Waals surface area contributed by atoms with Gasteiger partial charge in [0.25, 0.3) is 0 Å². The van der Waals surface area contributed by atoms with E-state index in [0.29, 0.717) is 13.1 Å². The number of nitrogens with one attached hydrogen (secondary N) is 1. The summed E-state index contributed by atoms with van der Waals surface area (Å²) in [6.45, 7) is 6.70. The summed E-state index contributed by atoms with van der Waals surface area (Å²) in [5, 5.41) is 12.1. The molecule has 0 atom stereocenters. The van der Waals surface area contributed by atoms with E-state index in [2.05, 4.69) is 10.2 Å². The van der Waals surface area contributed by atoms with Crippen LogP contribution in [0, 0.1) is 0 Å². The number of rotatable bonds is 9. The predicted molar refractivity (Wildman–Crippen MR) is 95.6 cm³/mol. The summed E-state index contributed by atoms with van der Waals surface area (Å²) in [4.78, 5) is 27.5. The van der Waals surface area contributed by atoms with Crippen LogP contribution in [-0.4, -0.2) is 84.8 Å². The molecule has 2 rings (SSSR count). The Morgan fingerprint density at radius 2 is 1.84 bits per heavy atom. The first kappa shape index (κ1) is 20.1. The van der Waals surface area contributed by atoms with Crippen molar-refractivity contribution < 1.29 is 19.4 Å². The maximum atomic E-state index is 12.4. The van der Waals surface area contributed by atoms with Crippen LogP contribution in [-0.2, 0) is 14.3 Å². The topological polar surface area (TPSA) is 82.1 Å². The van der Waals surface area contributed by atoms with Crippen LogP contribution in [0.15, 0.2) is 0 Å². The third kappa shape index (κ3) is 6.24. The van der Waals surface area contributed by atoms with Crippen LogP contribution in [0.2, 0.25) is 0 Å². The normalized spacial score (nSPS) is 21.2. The van der Waals surface area contributed by atoms with E-state index in [1.807, 2.05) is 6.92 Å². The fourth-order valence-corrected chi connectivity index (χ4v) is 4.10. The van der Waals surface area contributed by atoms with Gasteiger partial charge in [0.05, 0.1) is 26.3 Å². The smallest absolute Gasteiger partial charge is 0.317 e. The van der Waals surface area contributed by atoms with Crippen LogP contribution < -0.4 is 5.32 Å². The SMILES string of the molecule is CCCN(CC(=O)O)CC(=O)NCC1(N2CCOCC2)CCCCC1. The monoisotopic (exact) mass is 355 g/mol. The number of ether oxygens (including phenoxy) is 1. The molecular weight excluding hydrogens is 322 g/mol. The Morgan fingerprint density at radius 3 is 2.44 bits per heavy atom. The van der Waals surface area contributed by atoms with E-state index in [0.717, 1.165) is 45.6 Å². The van der Waals surface area contributed by atoms with Crippen LogP contribution >= 0.6 is 0 Å². The van der Waals surface area contributed by atoms with Crippen molar-refractivity contribution >= 4 is 11.9 Å². The molecule has 1 aliphatic heterocycles. The van der Waals surface area contributed by atoms with Crippen molar-refractivity contribution in [3.05, 3.63) is 0 Å². The standard InChI is InChI=1S/C18H33N3O4/c1-2-8-20(14-17(23)24)13-16(22)19-15-18(6-4-3-5-7-18)21-9-11-25-12-10-21/h2-15H2,1H3,(H,19,22)(H,23,24). The van der Waals surface area contributed by atoms with Gasteiger partial charge in [0.1, 0.15) is 0 Å². The highest BCUT2D eigenvalue weighted by molar-refractivity contribution is 5.79. The molecule has 7 nitrogen and oxygen atoms in total. The van der Waals surface area contributed by atoms with Crippen LogP contribution in [0.25, 0.3) is 0 Å². The van der Waals surface area contributed by atoms with Crippen molar-refractivity contribution in [2.45, 2.75) is 51.0 Å². The quantitative estimate of drug-likeness (QED) is 0.640. The molecule has 1 aliphatic carbocycles. The second kappa shape index (κ2) is 10.1. The van der Waals surface area contributed by atoms with Crippen LogP contribution in [0.3, 0.4) is 0 Å². The zero-order valence-electron chi connectivity index (χ0n) is 15.5. The number of hydrogen-bond acceptors (Lipinski definition) is 5. The lowest BCUT2D eigenvalue weighted by atomic mass is 9.79. The van der Waals surface area contributed by atoms with Crippen LogP contribution in [0.5, 0.6) is 0 Å². The predicted octanol–water partition coefficient (Wildman–Crippen LogP) is 0.934. The molecule has 1 amide bonds. The summed E-state index contributed by atoms with van der Waals surface area (Å²) in [7, 11) is 0. The first-order chi connectivity index (χ1) is 12.1. The number of amides is 1. The number of aliphatic carboxylic acids is 1. The number of carboxylic acid groups (broad SMARTS) is 1. The van der Waals surface area contributed by atoms with Gasteiger partial charge in [-0.15, -0.1) is 0 Å². The molecule has 0 aromatic rings. The molecule has 2 aliphatic rings. The molecule has 0 aromatic carbocycles. The Kier molecular flexibility index (Phi) is 8.12. The first-order valence-corrected chi connectivity index (χ1v) is 9.59. The number of morpholine rings is 1. The average molecular weight is 355 g/mol. The van der Waals surface area contributed by atoms with E-state index in [1.165, 1.54) is 19.3 Å². The van der Waals surface area contributed by atoms with E-state index in [-0.39, 0.29) is 24.5 Å². The molecule has 2 fully saturated rings. The molecule has 1 saturated carbocycles. The molecule has 0 radical (unpaired) electrons. The van der Waals surface area contributed by atoms with Gasteiger partial charge < -0.3 is 15.2 Å². The molecule has 7 heteroatoms. The fourth-order valence-electron chi connectivity index (χ4n) is 4.10. The number of carbonyl (C=O) groups excluding carboxylic acids is 1. The highest BCUT2D eigenvalue weighted by Crippen LogP contribution is 2.33. The van der Waals surface area contributed by atoms with E-state index in [4.69, 9.17) is 9.84 Å². The minimum absolute atomic E-state index is 0.0417. The molecule has 144 valence electrons. The number of nitrogens with zero attached hydrogens (tertiary/aromatic N) is 2. The van der Waals surface area contributed by atoms with Gasteiger partial charge in [0.2, 0.25) is 5.91 Å². The van der Waals surface area contributed by atoms with Crippen LogP contribution in [0.4, 0.5) is 0 Å². The highest BCUT2D eigenvalue weighted by atomic mass is 16.5. The summed E-state index contributed by atoms with van der Waals surface area (Å²) in [6, 6.07) is 0. The Labute approximate surface area is 150 Å². The summed E-state index contributed by atoms with van der Waals surface area (Å²) in [5.74, 6) is -0.966. The van der Waals surface area contributed by atoms with Gasteiger partial charge in [-0.25, -0.2) is 0 Å². The van der Waals surface area contributed by atoms with Crippen molar-refractivity contribution in [3.8, 4) is 0 Å². The largest absolute Gasteiger partial charge is 0.480 e. The maximum absolute atomic E-state index is 12.4. The zero-order valence-corrected chi connectivity index (χ0v) is 15.5. The summed E-state index contributed by atoms with van der Waals surface area (Å²) in [6.07, 6.45) is 6.73. The lowest BCUT2D eigenvalue weighted by molar-refractivity contribution is -0.138. The summed E-state index contributed by atoms with van der Waals surface area (Å²) >= 11 is 0. The van der Waals surface area contributed by atoms with Gasteiger partial charge >= 0.3 is 5.97 Å². The Morgan fingerprint density at radius 1 is 1.16 bits per heavy atom. The highest BCUT2D eigenvalue weighted by Gasteiger charge is 2.38. The third-order valence-electron chi connectivity index (χ3n) is 5.35. The van der Waals surface area contributed by atoms with E-state index in [1.54, 1.807) is 4.90 Å². The van der Waals surface area contributed by atoms with Gasteiger partial charge in [-0.1, -0.05) is 26.2 Å². The summed E-state index contributed by atoms with van der Waals surface area (Å²) < 4.78 is 5.49. The van der Waals surface area contributed by atoms with Crippen LogP contribution in [0.1, 0.15) is 45.4 Å². The molecule has 0 aromatic heterocycles. The summed E-state index contributed by atoms with van der Waals surface area (Å²) in [5.41, 5.74) is 0.0417. The molecule has 1 saturated heterocycles. The first-order valence-electron chi connectivity index (χ1n) is 9.59. The molecule has 2 N–H and O–H groups in total. The lowest BCUT2D eigenvalue weighted by Gasteiger charge is -2.48. The van der Waals surface area contributed by atoms with Crippen molar-refractivity contribution in [1.82, 2.24) is 15.1 Å². The van der Waals surface area contributed by atoms with Gasteiger partial charge in [0.15, 0.2) is 0 Å². The number of carboxylic acids is 1. The Balaban J connectivity index is 1.90. The lowest BCUT2D eigenvalue weighted by Crippen LogP contribution is -2.60. The molecular formula is C18H33N3O4.